The average molecular weight is 358 g/mol. The Morgan fingerprint density at radius 2 is 1.19 bits per heavy atom. The molecule has 0 heterocycles. The molecule has 0 fully saturated rings. The summed E-state index contributed by atoms with van der Waals surface area (Å²) in [4.78, 5) is 24.1. The smallest absolute Gasteiger partial charge is 0.255 e. The molecule has 3 aromatic carbocycles. The molecule has 0 atom stereocenters. The molecule has 136 valence electrons. The lowest BCUT2D eigenvalue weighted by atomic mass is 10.1. The number of amides is 2. The predicted octanol–water partition coefficient (Wildman–Crippen LogP) is 5.20. The summed E-state index contributed by atoms with van der Waals surface area (Å²) in [6, 6.07) is 24.7. The zero-order valence-electron chi connectivity index (χ0n) is 15.4. The Balaban J connectivity index is 1.64. The monoisotopic (exact) mass is 358 g/mol. The van der Waals surface area contributed by atoms with Gasteiger partial charge in [0.15, 0.2) is 0 Å². The number of rotatable bonds is 5. The van der Waals surface area contributed by atoms with Gasteiger partial charge in [-0.1, -0.05) is 56.3 Å². The van der Waals surface area contributed by atoms with Gasteiger partial charge in [-0.2, -0.15) is 0 Å². The molecule has 0 aliphatic carbocycles. The van der Waals surface area contributed by atoms with Crippen LogP contribution >= 0.6 is 0 Å². The normalized spacial score (nSPS) is 10.5. The molecule has 3 rings (SSSR count). The van der Waals surface area contributed by atoms with Crippen LogP contribution in [0.15, 0.2) is 78.9 Å². The molecule has 4 nitrogen and oxygen atoms in total. The standard InChI is InChI=1S/C23H22N2O2/c1-16(2)22(26)24-20-14-10-19(11-15-20)23(27)25-21-12-8-18(9-13-21)17-6-4-3-5-7-17/h3-16H,1-2H3,(H,24,26)(H,25,27). The Hall–Kier alpha value is -3.40. The van der Waals surface area contributed by atoms with E-state index < -0.39 is 0 Å². The summed E-state index contributed by atoms with van der Waals surface area (Å²) < 4.78 is 0. The van der Waals surface area contributed by atoms with E-state index in [1.54, 1.807) is 24.3 Å². The number of hydrogen-bond acceptors (Lipinski definition) is 2. The Kier molecular flexibility index (Phi) is 5.67. The highest BCUT2D eigenvalue weighted by Gasteiger charge is 2.09. The fourth-order valence-corrected chi connectivity index (χ4v) is 2.57. The maximum Gasteiger partial charge on any atom is 0.255 e. The van der Waals surface area contributed by atoms with Crippen LogP contribution in [-0.2, 0) is 4.79 Å². The van der Waals surface area contributed by atoms with E-state index in [9.17, 15) is 9.59 Å². The second-order valence-electron chi connectivity index (χ2n) is 6.62. The first-order chi connectivity index (χ1) is 13.0. The lowest BCUT2D eigenvalue weighted by Crippen LogP contribution is -2.18. The molecule has 3 aromatic rings. The van der Waals surface area contributed by atoms with Gasteiger partial charge >= 0.3 is 0 Å². The summed E-state index contributed by atoms with van der Waals surface area (Å²) in [5.41, 5.74) is 4.17. The average Bonchev–Trinajstić information content (AvgIpc) is 2.69. The number of benzene rings is 3. The van der Waals surface area contributed by atoms with Gasteiger partial charge in [-0.25, -0.2) is 0 Å². The quantitative estimate of drug-likeness (QED) is 0.658. The maximum absolute atomic E-state index is 12.4. The van der Waals surface area contributed by atoms with Crippen molar-refractivity contribution in [3.63, 3.8) is 0 Å². The van der Waals surface area contributed by atoms with E-state index >= 15 is 0 Å². The Morgan fingerprint density at radius 1 is 0.667 bits per heavy atom. The third-order valence-corrected chi connectivity index (χ3v) is 4.19. The lowest BCUT2D eigenvalue weighted by Gasteiger charge is -2.09. The van der Waals surface area contributed by atoms with Gasteiger partial charge < -0.3 is 10.6 Å². The van der Waals surface area contributed by atoms with Crippen molar-refractivity contribution in [1.29, 1.82) is 0 Å². The lowest BCUT2D eigenvalue weighted by molar-refractivity contribution is -0.118. The van der Waals surface area contributed by atoms with Crippen molar-refractivity contribution in [3.8, 4) is 11.1 Å². The fraction of sp³-hybridized carbons (Fsp3) is 0.130. The molecule has 0 radical (unpaired) electrons. The van der Waals surface area contributed by atoms with Crippen LogP contribution in [0.25, 0.3) is 11.1 Å². The molecule has 0 spiro atoms. The van der Waals surface area contributed by atoms with Crippen molar-refractivity contribution in [2.45, 2.75) is 13.8 Å². The number of nitrogens with one attached hydrogen (secondary N) is 2. The molecule has 0 saturated heterocycles. The summed E-state index contributed by atoms with van der Waals surface area (Å²) in [5, 5.41) is 5.70. The van der Waals surface area contributed by atoms with Crippen LogP contribution in [0.5, 0.6) is 0 Å². The van der Waals surface area contributed by atoms with E-state index in [2.05, 4.69) is 10.6 Å². The Labute approximate surface area is 159 Å². The van der Waals surface area contributed by atoms with Crippen molar-refractivity contribution in [2.24, 2.45) is 5.92 Å². The van der Waals surface area contributed by atoms with Crippen molar-refractivity contribution >= 4 is 23.2 Å². The molecular weight excluding hydrogens is 336 g/mol. The van der Waals surface area contributed by atoms with E-state index in [4.69, 9.17) is 0 Å². The van der Waals surface area contributed by atoms with Crippen molar-refractivity contribution in [3.05, 3.63) is 84.4 Å². The minimum absolute atomic E-state index is 0.0503. The van der Waals surface area contributed by atoms with E-state index in [0.717, 1.165) is 16.8 Å². The summed E-state index contributed by atoms with van der Waals surface area (Å²) >= 11 is 0. The molecule has 0 unspecified atom stereocenters. The topological polar surface area (TPSA) is 58.2 Å². The maximum atomic E-state index is 12.4. The Bertz CT molecular complexity index is 915. The van der Waals surface area contributed by atoms with E-state index in [1.165, 1.54) is 0 Å². The molecule has 0 aliphatic heterocycles. The van der Waals surface area contributed by atoms with Crippen LogP contribution in [0.3, 0.4) is 0 Å². The van der Waals surface area contributed by atoms with Crippen LogP contribution < -0.4 is 10.6 Å². The highest BCUT2D eigenvalue weighted by Crippen LogP contribution is 2.21. The molecule has 2 amide bonds. The van der Waals surface area contributed by atoms with Gasteiger partial charge in [0.05, 0.1) is 0 Å². The van der Waals surface area contributed by atoms with Crippen LogP contribution in [0, 0.1) is 5.92 Å². The van der Waals surface area contributed by atoms with Crippen molar-refractivity contribution in [2.75, 3.05) is 10.6 Å². The molecule has 27 heavy (non-hydrogen) atoms. The zero-order chi connectivity index (χ0) is 19.2. The molecular formula is C23H22N2O2. The molecule has 4 heteroatoms. The van der Waals surface area contributed by atoms with Crippen LogP contribution in [-0.4, -0.2) is 11.8 Å². The molecule has 0 aromatic heterocycles. The van der Waals surface area contributed by atoms with E-state index in [0.29, 0.717) is 11.3 Å². The first kappa shape index (κ1) is 18.4. The number of carbonyl (C=O) groups is 2. The van der Waals surface area contributed by atoms with E-state index in [1.807, 2.05) is 68.4 Å². The van der Waals surface area contributed by atoms with Crippen molar-refractivity contribution < 1.29 is 9.59 Å². The highest BCUT2D eigenvalue weighted by atomic mass is 16.2. The second kappa shape index (κ2) is 8.32. The Morgan fingerprint density at radius 3 is 1.78 bits per heavy atom. The summed E-state index contributed by atoms with van der Waals surface area (Å²) in [5.74, 6) is -0.332. The largest absolute Gasteiger partial charge is 0.326 e. The highest BCUT2D eigenvalue weighted by molar-refractivity contribution is 6.04. The van der Waals surface area contributed by atoms with Crippen molar-refractivity contribution in [1.82, 2.24) is 0 Å². The van der Waals surface area contributed by atoms with Gasteiger partial charge in [0.1, 0.15) is 0 Å². The number of carbonyl (C=O) groups excluding carboxylic acids is 2. The first-order valence-electron chi connectivity index (χ1n) is 8.91. The number of hydrogen-bond donors (Lipinski definition) is 2. The SMILES string of the molecule is CC(C)C(=O)Nc1ccc(C(=O)Nc2ccc(-c3ccccc3)cc2)cc1. The molecule has 0 aliphatic rings. The van der Waals surface area contributed by atoms with Gasteiger partial charge in [0.2, 0.25) is 5.91 Å². The zero-order valence-corrected chi connectivity index (χ0v) is 15.4. The minimum atomic E-state index is -0.191. The second-order valence-corrected chi connectivity index (χ2v) is 6.62. The van der Waals surface area contributed by atoms with Gasteiger partial charge in [0, 0.05) is 22.9 Å². The van der Waals surface area contributed by atoms with Gasteiger partial charge in [-0.05, 0) is 47.5 Å². The van der Waals surface area contributed by atoms with Gasteiger partial charge in [0.25, 0.3) is 5.91 Å². The fourth-order valence-electron chi connectivity index (χ4n) is 2.57. The third-order valence-electron chi connectivity index (χ3n) is 4.19. The summed E-state index contributed by atoms with van der Waals surface area (Å²) in [6.07, 6.45) is 0. The number of anilines is 2. The van der Waals surface area contributed by atoms with Crippen LogP contribution in [0.4, 0.5) is 11.4 Å². The van der Waals surface area contributed by atoms with E-state index in [-0.39, 0.29) is 17.7 Å². The van der Waals surface area contributed by atoms with Gasteiger partial charge in [-0.15, -0.1) is 0 Å². The van der Waals surface area contributed by atoms with Gasteiger partial charge in [-0.3, -0.25) is 9.59 Å². The molecule has 2 N–H and O–H groups in total. The summed E-state index contributed by atoms with van der Waals surface area (Å²) in [6.45, 7) is 3.67. The molecule has 0 bridgehead atoms. The minimum Gasteiger partial charge on any atom is -0.326 e. The summed E-state index contributed by atoms with van der Waals surface area (Å²) in [7, 11) is 0. The molecule has 0 saturated carbocycles. The van der Waals surface area contributed by atoms with Crippen LogP contribution in [0.2, 0.25) is 0 Å². The predicted molar refractivity (Wildman–Crippen MR) is 110 cm³/mol. The first-order valence-corrected chi connectivity index (χ1v) is 8.91. The van der Waals surface area contributed by atoms with Crippen LogP contribution in [0.1, 0.15) is 24.2 Å². The third kappa shape index (κ3) is 4.82.